The third-order valence-electron chi connectivity index (χ3n) is 4.12. The van der Waals surface area contributed by atoms with E-state index in [-0.39, 0.29) is 12.3 Å². The van der Waals surface area contributed by atoms with Crippen LogP contribution in [0.3, 0.4) is 0 Å². The van der Waals surface area contributed by atoms with Crippen LogP contribution >= 0.6 is 0 Å². The summed E-state index contributed by atoms with van der Waals surface area (Å²) in [5, 5.41) is 13.7. The van der Waals surface area contributed by atoms with Gasteiger partial charge in [0.05, 0.1) is 30.0 Å². The summed E-state index contributed by atoms with van der Waals surface area (Å²) in [5.74, 6) is -0.00492. The van der Waals surface area contributed by atoms with Gasteiger partial charge in [0.15, 0.2) is 5.78 Å². The van der Waals surface area contributed by atoms with Crippen LogP contribution in [-0.2, 0) is 19.5 Å². The number of amides is 1. The summed E-state index contributed by atoms with van der Waals surface area (Å²) in [6, 6.07) is 0. The van der Waals surface area contributed by atoms with Gasteiger partial charge in [-0.3, -0.25) is 9.48 Å². The van der Waals surface area contributed by atoms with Crippen LogP contribution in [0.15, 0.2) is 11.8 Å². The van der Waals surface area contributed by atoms with Gasteiger partial charge in [-0.2, -0.15) is 5.10 Å². The first-order valence-electron chi connectivity index (χ1n) is 7.45. The van der Waals surface area contributed by atoms with Crippen molar-refractivity contribution in [1.29, 1.82) is 0 Å². The number of carbonyl (C=O) groups is 2. The Morgan fingerprint density at radius 2 is 2.09 bits per heavy atom. The predicted molar refractivity (Wildman–Crippen MR) is 79.7 cm³/mol. The number of hydrogen-bond donors (Lipinski definition) is 1. The summed E-state index contributed by atoms with van der Waals surface area (Å²) >= 11 is 0. The van der Waals surface area contributed by atoms with Crippen LogP contribution in [0.25, 0.3) is 0 Å². The van der Waals surface area contributed by atoms with E-state index in [0.29, 0.717) is 18.7 Å². The van der Waals surface area contributed by atoms with Crippen LogP contribution in [0.5, 0.6) is 0 Å². The zero-order valence-corrected chi connectivity index (χ0v) is 12.9. The van der Waals surface area contributed by atoms with Gasteiger partial charge in [0.1, 0.15) is 0 Å². The number of fused-ring (bicyclic) bond motifs is 3. The summed E-state index contributed by atoms with van der Waals surface area (Å²) in [7, 11) is 3.79. The number of nitrogens with zero attached hydrogens (tertiary/aromatic N) is 4. The van der Waals surface area contributed by atoms with E-state index in [4.69, 9.17) is 0 Å². The Labute approximate surface area is 128 Å². The highest BCUT2D eigenvalue weighted by atomic mass is 16.4. The third kappa shape index (κ3) is 2.47. The van der Waals surface area contributed by atoms with Crippen molar-refractivity contribution in [3.63, 3.8) is 0 Å². The average Bonchev–Trinajstić information content (AvgIpc) is 2.74. The maximum absolute atomic E-state index is 12.9. The van der Waals surface area contributed by atoms with Crippen molar-refractivity contribution in [2.45, 2.75) is 32.4 Å². The van der Waals surface area contributed by atoms with Crippen LogP contribution in [0.2, 0.25) is 0 Å². The minimum Gasteiger partial charge on any atom is -0.465 e. The van der Waals surface area contributed by atoms with Gasteiger partial charge in [-0.15, -0.1) is 0 Å². The molecule has 0 unspecified atom stereocenters. The molecule has 1 N–H and O–H groups in total. The van der Waals surface area contributed by atoms with Crippen molar-refractivity contribution in [2.75, 3.05) is 20.6 Å². The van der Waals surface area contributed by atoms with Crippen LogP contribution in [0.4, 0.5) is 4.79 Å². The second kappa shape index (κ2) is 5.47. The molecule has 0 aromatic carbocycles. The number of Topliss-reactive ketones (excluding diaryl/α,β-unsaturated/α-hetero) is 1. The Balaban J connectivity index is 2.03. The van der Waals surface area contributed by atoms with Crippen LogP contribution < -0.4 is 0 Å². The van der Waals surface area contributed by atoms with Gasteiger partial charge in [-0.25, -0.2) is 4.79 Å². The Bertz CT molecular complexity index is 660. The van der Waals surface area contributed by atoms with E-state index in [0.717, 1.165) is 36.2 Å². The van der Waals surface area contributed by atoms with E-state index in [1.807, 2.05) is 25.2 Å². The number of aromatic nitrogens is 2. The lowest BCUT2D eigenvalue weighted by Gasteiger charge is -2.25. The van der Waals surface area contributed by atoms with Gasteiger partial charge < -0.3 is 14.9 Å². The predicted octanol–water partition coefficient (Wildman–Crippen LogP) is 1.34. The molecule has 1 aliphatic heterocycles. The molecular formula is C15H20N4O3. The van der Waals surface area contributed by atoms with E-state index in [1.165, 1.54) is 4.90 Å². The lowest BCUT2D eigenvalue weighted by molar-refractivity contribution is 0.102. The molecule has 0 fully saturated rings. The number of hydrogen-bond acceptors (Lipinski definition) is 4. The van der Waals surface area contributed by atoms with Gasteiger partial charge in [0, 0.05) is 32.4 Å². The number of carbonyl (C=O) groups excluding carboxylic acids is 1. The number of allylic oxidation sites excluding steroid dienone is 1. The molecule has 2 heterocycles. The van der Waals surface area contributed by atoms with E-state index < -0.39 is 6.09 Å². The van der Waals surface area contributed by atoms with Crippen LogP contribution in [0, 0.1) is 0 Å². The SMILES string of the molecule is CN(C)C=C1CCCc2nn3c(c2C1=O)CN(C(=O)O)CC3. The van der Waals surface area contributed by atoms with Crippen molar-refractivity contribution < 1.29 is 14.7 Å². The molecule has 0 spiro atoms. The molecule has 0 radical (unpaired) electrons. The number of aryl methyl sites for hydroxylation is 1. The van der Waals surface area contributed by atoms with E-state index in [2.05, 4.69) is 5.10 Å². The van der Waals surface area contributed by atoms with Gasteiger partial charge in [0.25, 0.3) is 0 Å². The smallest absolute Gasteiger partial charge is 0.407 e. The molecule has 3 rings (SSSR count). The molecule has 0 saturated carbocycles. The molecule has 118 valence electrons. The first-order chi connectivity index (χ1) is 10.5. The summed E-state index contributed by atoms with van der Waals surface area (Å²) in [4.78, 5) is 27.3. The Morgan fingerprint density at radius 1 is 1.32 bits per heavy atom. The van der Waals surface area contributed by atoms with Crippen LogP contribution in [-0.4, -0.2) is 57.2 Å². The fourth-order valence-corrected chi connectivity index (χ4v) is 3.13. The summed E-state index contributed by atoms with van der Waals surface area (Å²) in [5.41, 5.74) is 2.94. The number of rotatable bonds is 1. The van der Waals surface area contributed by atoms with Crippen molar-refractivity contribution in [3.8, 4) is 0 Å². The van der Waals surface area contributed by atoms with Gasteiger partial charge in [-0.1, -0.05) is 0 Å². The Kier molecular flexibility index (Phi) is 3.64. The summed E-state index contributed by atoms with van der Waals surface area (Å²) in [6.07, 6.45) is 3.29. The van der Waals surface area contributed by atoms with E-state index in [9.17, 15) is 14.7 Å². The van der Waals surface area contributed by atoms with Gasteiger partial charge in [-0.05, 0) is 19.3 Å². The Morgan fingerprint density at radius 3 is 2.77 bits per heavy atom. The van der Waals surface area contributed by atoms with Crippen molar-refractivity contribution in [1.82, 2.24) is 19.6 Å². The van der Waals surface area contributed by atoms with Crippen molar-refractivity contribution >= 4 is 11.9 Å². The molecule has 0 bridgehead atoms. The maximum Gasteiger partial charge on any atom is 0.407 e. The number of carboxylic acid groups (broad SMARTS) is 1. The fourth-order valence-electron chi connectivity index (χ4n) is 3.13. The fraction of sp³-hybridized carbons (Fsp3) is 0.533. The molecule has 1 aliphatic carbocycles. The normalized spacial score (nSPS) is 19.6. The van der Waals surface area contributed by atoms with Crippen LogP contribution in [0.1, 0.15) is 34.6 Å². The minimum absolute atomic E-state index is 0.00492. The monoisotopic (exact) mass is 304 g/mol. The van der Waals surface area contributed by atoms with Crippen molar-refractivity contribution in [3.05, 3.63) is 28.7 Å². The molecule has 1 aromatic heterocycles. The second-order valence-electron chi connectivity index (χ2n) is 6.00. The van der Waals surface area contributed by atoms with E-state index in [1.54, 1.807) is 4.68 Å². The lowest BCUT2D eigenvalue weighted by Crippen LogP contribution is -2.38. The zero-order valence-electron chi connectivity index (χ0n) is 12.9. The highest BCUT2D eigenvalue weighted by Crippen LogP contribution is 2.29. The molecule has 0 atom stereocenters. The standard InChI is InChI=1S/C15H20N4O3/c1-17(2)8-10-4-3-5-11-13(14(10)20)12-9-18(15(21)22)6-7-19(12)16-11/h8H,3-7,9H2,1-2H3,(H,21,22). The Hall–Kier alpha value is -2.31. The highest BCUT2D eigenvalue weighted by Gasteiger charge is 2.32. The molecule has 0 saturated heterocycles. The first kappa shape index (κ1) is 14.6. The third-order valence-corrected chi connectivity index (χ3v) is 4.12. The average molecular weight is 304 g/mol. The molecule has 2 aliphatic rings. The summed E-state index contributed by atoms with van der Waals surface area (Å²) in [6.45, 7) is 1.16. The van der Waals surface area contributed by atoms with Gasteiger partial charge in [0.2, 0.25) is 0 Å². The second-order valence-corrected chi connectivity index (χ2v) is 6.00. The van der Waals surface area contributed by atoms with Crippen molar-refractivity contribution in [2.24, 2.45) is 0 Å². The summed E-state index contributed by atoms with van der Waals surface area (Å²) < 4.78 is 1.81. The molecule has 7 nitrogen and oxygen atoms in total. The quantitative estimate of drug-likeness (QED) is 0.626. The molecule has 1 amide bonds. The maximum atomic E-state index is 12.9. The first-order valence-corrected chi connectivity index (χ1v) is 7.45. The number of ketones is 1. The molecule has 22 heavy (non-hydrogen) atoms. The molecule has 7 heteroatoms. The zero-order chi connectivity index (χ0) is 15.9. The van der Waals surface area contributed by atoms with E-state index >= 15 is 0 Å². The largest absolute Gasteiger partial charge is 0.465 e. The lowest BCUT2D eigenvalue weighted by atomic mass is 10.0. The minimum atomic E-state index is -0.952. The topological polar surface area (TPSA) is 78.7 Å². The van der Waals surface area contributed by atoms with Gasteiger partial charge >= 0.3 is 6.09 Å². The molecular weight excluding hydrogens is 284 g/mol. The molecule has 1 aromatic rings. The highest BCUT2D eigenvalue weighted by molar-refractivity contribution is 6.10.